The summed E-state index contributed by atoms with van der Waals surface area (Å²) in [5.41, 5.74) is 1.21. The highest BCUT2D eigenvalue weighted by Crippen LogP contribution is 2.32. The second kappa shape index (κ2) is 5.96. The van der Waals surface area contributed by atoms with E-state index in [1.54, 1.807) is 4.90 Å². The number of hydrogen-bond acceptors (Lipinski definition) is 3. The molecule has 0 spiro atoms. The van der Waals surface area contributed by atoms with E-state index in [0.717, 1.165) is 18.5 Å². The minimum Gasteiger partial charge on any atom is -0.361 e. The normalized spacial score (nSPS) is 17.8. The molecule has 0 radical (unpaired) electrons. The van der Waals surface area contributed by atoms with Gasteiger partial charge in [0.2, 0.25) is 0 Å². The van der Waals surface area contributed by atoms with Crippen LogP contribution in [0.1, 0.15) is 30.3 Å². The number of carbonyl (C=O) groups is 1. The maximum Gasteiger partial charge on any atom is 0.322 e. The quantitative estimate of drug-likeness (QED) is 0.903. The first-order chi connectivity index (χ1) is 10.5. The van der Waals surface area contributed by atoms with Crippen LogP contribution in [0.4, 0.5) is 14.9 Å². The number of halogens is 2. The average molecular weight is 324 g/mol. The van der Waals surface area contributed by atoms with Gasteiger partial charge in [0.25, 0.3) is 0 Å². The number of nitrogens with zero attached hydrogens (tertiary/aromatic N) is 2. The van der Waals surface area contributed by atoms with Gasteiger partial charge < -0.3 is 14.7 Å². The SMILES string of the molecule is Cc1cc(C2CCCN2C(=O)Nc2ccc(F)c(Cl)c2)no1. The summed E-state index contributed by atoms with van der Waals surface area (Å²) in [5, 5.41) is 6.71. The van der Waals surface area contributed by atoms with Crippen molar-refractivity contribution in [3.05, 3.63) is 46.6 Å². The molecular formula is C15H15ClFN3O2. The number of aromatic nitrogens is 1. The second-order valence-electron chi connectivity index (χ2n) is 5.27. The topological polar surface area (TPSA) is 58.4 Å². The Kier molecular flexibility index (Phi) is 4.02. The van der Waals surface area contributed by atoms with Gasteiger partial charge in [0.05, 0.1) is 11.1 Å². The van der Waals surface area contributed by atoms with Crippen LogP contribution in [0.25, 0.3) is 0 Å². The highest BCUT2D eigenvalue weighted by atomic mass is 35.5. The van der Waals surface area contributed by atoms with E-state index in [-0.39, 0.29) is 17.1 Å². The van der Waals surface area contributed by atoms with Crippen molar-refractivity contribution in [2.24, 2.45) is 0 Å². The predicted octanol–water partition coefficient (Wildman–Crippen LogP) is 4.14. The zero-order valence-electron chi connectivity index (χ0n) is 12.0. The molecular weight excluding hydrogens is 309 g/mol. The molecule has 1 atom stereocenters. The largest absolute Gasteiger partial charge is 0.361 e. The molecule has 1 aromatic heterocycles. The van der Waals surface area contributed by atoms with Crippen molar-refractivity contribution in [1.82, 2.24) is 10.1 Å². The molecule has 1 N–H and O–H groups in total. The first kappa shape index (κ1) is 14.8. The Hall–Kier alpha value is -2.08. The van der Waals surface area contributed by atoms with Crippen molar-refractivity contribution in [2.75, 3.05) is 11.9 Å². The molecule has 116 valence electrons. The standard InChI is InChI=1S/C15H15ClFN3O2/c1-9-7-13(19-22-9)14-3-2-6-20(14)15(21)18-10-4-5-12(17)11(16)8-10/h4-5,7-8,14H,2-3,6H2,1H3,(H,18,21). The fourth-order valence-corrected chi connectivity index (χ4v) is 2.81. The third-order valence-corrected chi connectivity index (χ3v) is 3.96. The Balaban J connectivity index is 1.74. The van der Waals surface area contributed by atoms with Gasteiger partial charge in [-0.1, -0.05) is 16.8 Å². The van der Waals surface area contributed by atoms with Crippen LogP contribution >= 0.6 is 11.6 Å². The van der Waals surface area contributed by atoms with Crippen molar-refractivity contribution >= 4 is 23.3 Å². The number of amides is 2. The molecule has 2 aromatic rings. The van der Waals surface area contributed by atoms with E-state index >= 15 is 0 Å². The van der Waals surface area contributed by atoms with Crippen LogP contribution in [0, 0.1) is 12.7 Å². The Bertz CT molecular complexity index is 704. The van der Waals surface area contributed by atoms with Gasteiger partial charge >= 0.3 is 6.03 Å². The molecule has 2 heterocycles. The second-order valence-corrected chi connectivity index (χ2v) is 5.68. The fraction of sp³-hybridized carbons (Fsp3) is 0.333. The van der Waals surface area contributed by atoms with Gasteiger partial charge in [-0.3, -0.25) is 0 Å². The van der Waals surface area contributed by atoms with Crippen LogP contribution in [0.3, 0.4) is 0 Å². The zero-order chi connectivity index (χ0) is 15.7. The van der Waals surface area contributed by atoms with Crippen LogP contribution in [0.5, 0.6) is 0 Å². The molecule has 5 nitrogen and oxygen atoms in total. The van der Waals surface area contributed by atoms with Crippen LogP contribution < -0.4 is 5.32 Å². The van der Waals surface area contributed by atoms with Crippen LogP contribution in [-0.2, 0) is 0 Å². The van der Waals surface area contributed by atoms with Crippen LogP contribution in [0.15, 0.2) is 28.8 Å². The number of anilines is 1. The number of benzene rings is 1. The molecule has 1 saturated heterocycles. The lowest BCUT2D eigenvalue weighted by molar-refractivity contribution is 0.204. The summed E-state index contributed by atoms with van der Waals surface area (Å²) >= 11 is 5.72. The Labute approximate surface area is 132 Å². The Morgan fingerprint density at radius 1 is 1.50 bits per heavy atom. The first-order valence-electron chi connectivity index (χ1n) is 7.00. The van der Waals surface area contributed by atoms with E-state index in [1.165, 1.54) is 18.2 Å². The third kappa shape index (κ3) is 2.92. The lowest BCUT2D eigenvalue weighted by Gasteiger charge is -2.23. The summed E-state index contributed by atoms with van der Waals surface area (Å²) in [6, 6.07) is 5.56. The van der Waals surface area contributed by atoms with Crippen LogP contribution in [-0.4, -0.2) is 22.6 Å². The molecule has 1 aromatic carbocycles. The smallest absolute Gasteiger partial charge is 0.322 e. The number of aryl methyl sites for hydroxylation is 1. The van der Waals surface area contributed by atoms with E-state index in [4.69, 9.17) is 16.1 Å². The van der Waals surface area contributed by atoms with Crippen molar-refractivity contribution in [1.29, 1.82) is 0 Å². The van der Waals surface area contributed by atoms with Crippen molar-refractivity contribution in [2.45, 2.75) is 25.8 Å². The molecule has 1 aliphatic heterocycles. The predicted molar refractivity (Wildman–Crippen MR) is 80.3 cm³/mol. The zero-order valence-corrected chi connectivity index (χ0v) is 12.7. The molecule has 2 amide bonds. The summed E-state index contributed by atoms with van der Waals surface area (Å²) in [5.74, 6) is 0.198. The summed E-state index contributed by atoms with van der Waals surface area (Å²) in [7, 11) is 0. The first-order valence-corrected chi connectivity index (χ1v) is 7.38. The molecule has 0 saturated carbocycles. The minimum absolute atomic E-state index is 0.0251. The van der Waals surface area contributed by atoms with Gasteiger partial charge in [0, 0.05) is 18.3 Å². The number of nitrogens with one attached hydrogen (secondary N) is 1. The van der Waals surface area contributed by atoms with Crippen molar-refractivity contribution in [3.8, 4) is 0 Å². The summed E-state index contributed by atoms with van der Waals surface area (Å²) < 4.78 is 18.2. The number of likely N-dealkylation sites (tertiary alicyclic amines) is 1. The van der Waals surface area contributed by atoms with Crippen molar-refractivity contribution in [3.63, 3.8) is 0 Å². The van der Waals surface area contributed by atoms with Crippen LogP contribution in [0.2, 0.25) is 5.02 Å². The molecule has 7 heteroatoms. The van der Waals surface area contributed by atoms with E-state index in [2.05, 4.69) is 10.5 Å². The maximum absolute atomic E-state index is 13.1. The molecule has 0 aliphatic carbocycles. The minimum atomic E-state index is -0.517. The van der Waals surface area contributed by atoms with E-state index in [0.29, 0.717) is 18.0 Å². The Morgan fingerprint density at radius 2 is 2.32 bits per heavy atom. The van der Waals surface area contributed by atoms with E-state index in [9.17, 15) is 9.18 Å². The van der Waals surface area contributed by atoms with Gasteiger partial charge in [-0.25, -0.2) is 9.18 Å². The van der Waals surface area contributed by atoms with Gasteiger partial charge in [-0.05, 0) is 38.0 Å². The highest BCUT2D eigenvalue weighted by Gasteiger charge is 2.32. The lowest BCUT2D eigenvalue weighted by atomic mass is 10.1. The Morgan fingerprint density at radius 3 is 3.00 bits per heavy atom. The van der Waals surface area contributed by atoms with Gasteiger partial charge in [0.1, 0.15) is 17.3 Å². The highest BCUT2D eigenvalue weighted by molar-refractivity contribution is 6.31. The van der Waals surface area contributed by atoms with E-state index < -0.39 is 5.82 Å². The van der Waals surface area contributed by atoms with Gasteiger partial charge in [-0.2, -0.15) is 0 Å². The fourth-order valence-electron chi connectivity index (χ4n) is 2.63. The molecule has 3 rings (SSSR count). The van der Waals surface area contributed by atoms with Gasteiger partial charge in [0.15, 0.2) is 0 Å². The number of urea groups is 1. The monoisotopic (exact) mass is 323 g/mol. The molecule has 1 aliphatic rings. The summed E-state index contributed by atoms with van der Waals surface area (Å²) in [6.07, 6.45) is 1.73. The number of rotatable bonds is 2. The molecule has 0 bridgehead atoms. The van der Waals surface area contributed by atoms with Gasteiger partial charge in [-0.15, -0.1) is 0 Å². The average Bonchev–Trinajstić information content (AvgIpc) is 3.11. The molecule has 1 unspecified atom stereocenters. The summed E-state index contributed by atoms with van der Waals surface area (Å²) in [6.45, 7) is 2.45. The van der Waals surface area contributed by atoms with E-state index in [1.807, 2.05) is 13.0 Å². The van der Waals surface area contributed by atoms with Crippen molar-refractivity contribution < 1.29 is 13.7 Å². The molecule has 22 heavy (non-hydrogen) atoms. The molecule has 1 fully saturated rings. The summed E-state index contributed by atoms with van der Waals surface area (Å²) in [4.78, 5) is 14.1. The number of carbonyl (C=O) groups excluding carboxylic acids is 1. The number of hydrogen-bond donors (Lipinski definition) is 1. The maximum atomic E-state index is 13.1. The third-order valence-electron chi connectivity index (χ3n) is 3.67. The lowest BCUT2D eigenvalue weighted by Crippen LogP contribution is -2.34.